The van der Waals surface area contributed by atoms with Gasteiger partial charge in [0.1, 0.15) is 18.0 Å². The Labute approximate surface area is 88.8 Å². The van der Waals surface area contributed by atoms with E-state index in [1.807, 2.05) is 0 Å². The van der Waals surface area contributed by atoms with Gasteiger partial charge < -0.3 is 4.74 Å². The summed E-state index contributed by atoms with van der Waals surface area (Å²) in [6, 6.07) is 3.07. The second kappa shape index (κ2) is 4.51. The smallest absolute Gasteiger partial charge is 0.396 e. The molecule has 1 rings (SSSR count). The Balaban J connectivity index is 2.93. The molecule has 0 bridgehead atoms. The van der Waals surface area contributed by atoms with Crippen molar-refractivity contribution in [2.24, 2.45) is 0 Å². The highest BCUT2D eigenvalue weighted by Gasteiger charge is 2.32. The van der Waals surface area contributed by atoms with Gasteiger partial charge in [-0.15, -0.1) is 0 Å². The van der Waals surface area contributed by atoms with Gasteiger partial charge in [0.2, 0.25) is 0 Å². The monoisotopic (exact) mass is 236 g/mol. The first-order valence-electron chi connectivity index (χ1n) is 4.27. The number of hydrogen-bond donors (Lipinski definition) is 0. The number of Topliss-reactive ketones (excluding diaryl/α,β-unsaturated/α-hetero) is 1. The van der Waals surface area contributed by atoms with E-state index < -0.39 is 29.8 Å². The normalized spacial score (nSPS) is 11.3. The largest absolute Gasteiger partial charge is 0.497 e. The van der Waals surface area contributed by atoms with E-state index in [1.54, 1.807) is 0 Å². The maximum Gasteiger partial charge on any atom is 0.396 e. The molecule has 0 aromatic heterocycles. The summed E-state index contributed by atoms with van der Waals surface area (Å²) in [6.07, 6.45) is -6.31. The molecule has 0 unspecified atom stereocenters. The maximum absolute atomic E-state index is 13.2. The Kier molecular flexibility index (Phi) is 3.51. The van der Waals surface area contributed by atoms with Gasteiger partial charge in [-0.05, 0) is 12.1 Å². The van der Waals surface area contributed by atoms with Crippen LogP contribution in [0.5, 0.6) is 5.75 Å². The molecular weight excluding hydrogens is 228 g/mol. The van der Waals surface area contributed by atoms with Crippen molar-refractivity contribution in [2.75, 3.05) is 7.11 Å². The van der Waals surface area contributed by atoms with Crippen LogP contribution in [0.2, 0.25) is 0 Å². The van der Waals surface area contributed by atoms with Crippen molar-refractivity contribution in [3.05, 3.63) is 29.6 Å². The number of rotatable bonds is 3. The van der Waals surface area contributed by atoms with Gasteiger partial charge in [0, 0.05) is 6.07 Å². The van der Waals surface area contributed by atoms with Crippen molar-refractivity contribution in [3.63, 3.8) is 0 Å². The lowest BCUT2D eigenvalue weighted by Crippen LogP contribution is -2.16. The fourth-order valence-electron chi connectivity index (χ4n) is 1.13. The molecular formula is C10H8F4O2. The lowest BCUT2D eigenvalue weighted by molar-refractivity contribution is -0.125. The Morgan fingerprint density at radius 2 is 2.00 bits per heavy atom. The van der Waals surface area contributed by atoms with Gasteiger partial charge in [-0.2, -0.15) is 13.2 Å². The molecule has 0 aliphatic heterocycles. The predicted octanol–water partition coefficient (Wildman–Crippen LogP) is 2.97. The van der Waals surface area contributed by atoms with Gasteiger partial charge in [0.25, 0.3) is 0 Å². The molecule has 0 spiro atoms. The van der Waals surface area contributed by atoms with Crippen LogP contribution in [0.15, 0.2) is 18.2 Å². The number of carbonyl (C=O) groups excluding carboxylic acids is 1. The van der Waals surface area contributed by atoms with Gasteiger partial charge in [0.15, 0.2) is 5.78 Å². The van der Waals surface area contributed by atoms with Crippen LogP contribution in [0.3, 0.4) is 0 Å². The number of alkyl halides is 3. The first-order chi connectivity index (χ1) is 7.33. The van der Waals surface area contributed by atoms with E-state index in [1.165, 1.54) is 13.2 Å². The SMILES string of the molecule is COc1ccc(C(=O)CC(F)(F)F)c(F)c1. The number of methoxy groups -OCH3 is 1. The first kappa shape index (κ1) is 12.5. The second-order valence-electron chi connectivity index (χ2n) is 3.06. The minimum atomic E-state index is -4.64. The summed E-state index contributed by atoms with van der Waals surface area (Å²) in [5, 5.41) is 0. The molecule has 0 heterocycles. The zero-order chi connectivity index (χ0) is 12.3. The summed E-state index contributed by atoms with van der Waals surface area (Å²) in [6.45, 7) is 0. The average molecular weight is 236 g/mol. The van der Waals surface area contributed by atoms with Crippen LogP contribution in [0.25, 0.3) is 0 Å². The summed E-state index contributed by atoms with van der Waals surface area (Å²) in [7, 11) is 1.28. The molecule has 16 heavy (non-hydrogen) atoms. The fourth-order valence-corrected chi connectivity index (χ4v) is 1.13. The topological polar surface area (TPSA) is 26.3 Å². The summed E-state index contributed by atoms with van der Waals surface area (Å²) in [5.74, 6) is -2.18. The van der Waals surface area contributed by atoms with Crippen LogP contribution >= 0.6 is 0 Å². The van der Waals surface area contributed by atoms with Gasteiger partial charge in [0.05, 0.1) is 12.7 Å². The highest BCUT2D eigenvalue weighted by molar-refractivity contribution is 5.96. The Hall–Kier alpha value is -1.59. The van der Waals surface area contributed by atoms with E-state index in [0.717, 1.165) is 12.1 Å². The van der Waals surface area contributed by atoms with Crippen molar-refractivity contribution in [2.45, 2.75) is 12.6 Å². The van der Waals surface area contributed by atoms with Crippen molar-refractivity contribution < 1.29 is 27.1 Å². The fraction of sp³-hybridized carbons (Fsp3) is 0.300. The zero-order valence-electron chi connectivity index (χ0n) is 8.27. The highest BCUT2D eigenvalue weighted by atomic mass is 19.4. The van der Waals surface area contributed by atoms with Gasteiger partial charge >= 0.3 is 6.18 Å². The van der Waals surface area contributed by atoms with Crippen LogP contribution in [-0.4, -0.2) is 19.1 Å². The minimum absolute atomic E-state index is 0.140. The molecule has 1 aromatic carbocycles. The number of halogens is 4. The average Bonchev–Trinajstić information content (AvgIpc) is 2.14. The molecule has 0 saturated heterocycles. The third kappa shape index (κ3) is 3.22. The number of carbonyl (C=O) groups is 1. The van der Waals surface area contributed by atoms with Gasteiger partial charge in [-0.3, -0.25) is 4.79 Å². The number of hydrogen-bond acceptors (Lipinski definition) is 2. The predicted molar refractivity (Wildman–Crippen MR) is 48.0 cm³/mol. The van der Waals surface area contributed by atoms with Crippen molar-refractivity contribution in [1.29, 1.82) is 0 Å². The van der Waals surface area contributed by atoms with Crippen molar-refractivity contribution in [3.8, 4) is 5.75 Å². The molecule has 1 aromatic rings. The molecule has 6 heteroatoms. The molecule has 0 aliphatic carbocycles. The van der Waals surface area contributed by atoms with Crippen LogP contribution in [0, 0.1) is 5.82 Å². The molecule has 0 fully saturated rings. The minimum Gasteiger partial charge on any atom is -0.497 e. The van der Waals surface area contributed by atoms with Crippen LogP contribution in [0.1, 0.15) is 16.8 Å². The maximum atomic E-state index is 13.2. The van der Waals surface area contributed by atoms with E-state index in [2.05, 4.69) is 4.74 Å². The van der Waals surface area contributed by atoms with E-state index >= 15 is 0 Å². The van der Waals surface area contributed by atoms with Crippen molar-refractivity contribution >= 4 is 5.78 Å². The molecule has 2 nitrogen and oxygen atoms in total. The van der Waals surface area contributed by atoms with Crippen LogP contribution in [-0.2, 0) is 0 Å². The van der Waals surface area contributed by atoms with Crippen LogP contribution < -0.4 is 4.74 Å². The van der Waals surface area contributed by atoms with Gasteiger partial charge in [-0.1, -0.05) is 0 Å². The summed E-state index contributed by atoms with van der Waals surface area (Å²) in [5.41, 5.74) is -0.585. The molecule has 0 saturated carbocycles. The zero-order valence-corrected chi connectivity index (χ0v) is 8.27. The highest BCUT2D eigenvalue weighted by Crippen LogP contribution is 2.24. The molecule has 0 atom stereocenters. The number of benzene rings is 1. The molecule has 0 radical (unpaired) electrons. The molecule has 0 aliphatic rings. The summed E-state index contributed by atoms with van der Waals surface area (Å²) >= 11 is 0. The van der Waals surface area contributed by atoms with Crippen LogP contribution in [0.4, 0.5) is 17.6 Å². The van der Waals surface area contributed by atoms with E-state index in [9.17, 15) is 22.4 Å². The number of ketones is 1. The van der Waals surface area contributed by atoms with E-state index in [0.29, 0.717) is 0 Å². The van der Waals surface area contributed by atoms with E-state index in [-0.39, 0.29) is 5.75 Å². The first-order valence-corrected chi connectivity index (χ1v) is 4.27. The molecule has 88 valence electrons. The second-order valence-corrected chi connectivity index (χ2v) is 3.06. The quantitative estimate of drug-likeness (QED) is 0.595. The summed E-state index contributed by atoms with van der Waals surface area (Å²) < 4.78 is 53.6. The molecule has 0 amide bonds. The van der Waals surface area contributed by atoms with E-state index in [4.69, 9.17) is 0 Å². The van der Waals surface area contributed by atoms with Crippen molar-refractivity contribution in [1.82, 2.24) is 0 Å². The Morgan fingerprint density at radius 3 is 2.44 bits per heavy atom. The Bertz CT molecular complexity index is 398. The standard InChI is InChI=1S/C10H8F4O2/c1-16-6-2-3-7(8(11)4-6)9(15)5-10(12,13)14/h2-4H,5H2,1H3. The Morgan fingerprint density at radius 1 is 1.38 bits per heavy atom. The third-order valence-corrected chi connectivity index (χ3v) is 1.84. The third-order valence-electron chi connectivity index (χ3n) is 1.84. The van der Waals surface area contributed by atoms with Gasteiger partial charge in [-0.25, -0.2) is 4.39 Å². The lowest BCUT2D eigenvalue weighted by atomic mass is 10.1. The molecule has 0 N–H and O–H groups in total. The lowest BCUT2D eigenvalue weighted by Gasteiger charge is -2.07. The summed E-state index contributed by atoms with van der Waals surface area (Å²) in [4.78, 5) is 11.1. The number of ether oxygens (including phenoxy) is 1.